The van der Waals surface area contributed by atoms with Gasteiger partial charge in [0.25, 0.3) is 0 Å². The number of imidazole rings is 1. The Kier molecular flexibility index (Phi) is 2.09. The molecule has 14 heavy (non-hydrogen) atoms. The summed E-state index contributed by atoms with van der Waals surface area (Å²) in [5, 5.41) is 8.78. The largest absolute Gasteiger partial charge is 0.481 e. The molecule has 0 saturated carbocycles. The second-order valence-corrected chi connectivity index (χ2v) is 3.32. The standard InChI is InChI=1S/C8H5BrN4O/c1-14-7-2-6(9)13-5(3-10)4-11-8(13)12-7/h2,4H,1H3. The van der Waals surface area contributed by atoms with Crippen LogP contribution in [0.3, 0.4) is 0 Å². The Bertz CT molecular complexity index is 528. The number of methoxy groups -OCH3 is 1. The maximum atomic E-state index is 8.78. The number of rotatable bonds is 1. The maximum Gasteiger partial charge on any atom is 0.239 e. The van der Waals surface area contributed by atoms with E-state index in [0.29, 0.717) is 22.0 Å². The van der Waals surface area contributed by atoms with Crippen LogP contribution in [0.4, 0.5) is 0 Å². The minimum atomic E-state index is 0.432. The third-order valence-electron chi connectivity index (χ3n) is 1.73. The van der Waals surface area contributed by atoms with Crippen molar-refractivity contribution < 1.29 is 4.74 Å². The molecule has 0 aromatic carbocycles. The van der Waals surface area contributed by atoms with Gasteiger partial charge < -0.3 is 4.74 Å². The van der Waals surface area contributed by atoms with Crippen LogP contribution in [0, 0.1) is 11.3 Å². The first-order valence-electron chi connectivity index (χ1n) is 3.74. The molecule has 5 nitrogen and oxygen atoms in total. The van der Waals surface area contributed by atoms with Crippen LogP contribution in [0.2, 0.25) is 0 Å². The molecule has 0 spiro atoms. The fourth-order valence-corrected chi connectivity index (χ4v) is 1.66. The third kappa shape index (κ3) is 1.22. The molecule has 2 rings (SSSR count). The van der Waals surface area contributed by atoms with Crippen LogP contribution in [0.5, 0.6) is 5.88 Å². The van der Waals surface area contributed by atoms with Crippen molar-refractivity contribution in [3.05, 3.63) is 22.6 Å². The van der Waals surface area contributed by atoms with Gasteiger partial charge in [-0.2, -0.15) is 10.2 Å². The summed E-state index contributed by atoms with van der Waals surface area (Å²) >= 11 is 3.31. The molecule has 0 N–H and O–H groups in total. The van der Waals surface area contributed by atoms with Crippen molar-refractivity contribution in [3.8, 4) is 11.9 Å². The Morgan fingerprint density at radius 3 is 3.07 bits per heavy atom. The van der Waals surface area contributed by atoms with Crippen molar-refractivity contribution in [3.63, 3.8) is 0 Å². The van der Waals surface area contributed by atoms with Crippen LogP contribution in [0.15, 0.2) is 16.9 Å². The van der Waals surface area contributed by atoms with E-state index in [1.165, 1.54) is 13.3 Å². The summed E-state index contributed by atoms with van der Waals surface area (Å²) in [4.78, 5) is 8.05. The summed E-state index contributed by atoms with van der Waals surface area (Å²) in [6.07, 6.45) is 1.46. The van der Waals surface area contributed by atoms with Gasteiger partial charge in [-0.3, -0.25) is 4.40 Å². The number of nitriles is 1. The Labute approximate surface area is 88.1 Å². The van der Waals surface area contributed by atoms with E-state index >= 15 is 0 Å². The van der Waals surface area contributed by atoms with Crippen molar-refractivity contribution >= 4 is 21.7 Å². The summed E-state index contributed by atoms with van der Waals surface area (Å²) < 4.78 is 7.26. The molecular weight excluding hydrogens is 248 g/mol. The first kappa shape index (κ1) is 8.97. The molecule has 2 heterocycles. The highest BCUT2D eigenvalue weighted by molar-refractivity contribution is 9.10. The molecule has 0 fully saturated rings. The highest BCUT2D eigenvalue weighted by atomic mass is 79.9. The Hall–Kier alpha value is -1.61. The quantitative estimate of drug-likeness (QED) is 0.720. The molecule has 70 valence electrons. The zero-order chi connectivity index (χ0) is 10.1. The van der Waals surface area contributed by atoms with Crippen LogP contribution in [0.1, 0.15) is 5.69 Å². The molecule has 2 aromatic heterocycles. The van der Waals surface area contributed by atoms with E-state index in [0.717, 1.165) is 0 Å². The second-order valence-electron chi connectivity index (χ2n) is 2.51. The molecule has 0 amide bonds. The molecule has 0 aliphatic heterocycles. The van der Waals surface area contributed by atoms with E-state index in [2.05, 4.69) is 25.9 Å². The average Bonchev–Trinajstić information content (AvgIpc) is 2.61. The number of halogens is 1. The predicted octanol–water partition coefficient (Wildman–Crippen LogP) is 1.37. The van der Waals surface area contributed by atoms with Crippen LogP contribution < -0.4 is 4.74 Å². The molecular formula is C8H5BrN4O. The van der Waals surface area contributed by atoms with Crippen molar-refractivity contribution in [1.29, 1.82) is 5.26 Å². The van der Waals surface area contributed by atoms with E-state index in [1.807, 2.05) is 6.07 Å². The molecule has 0 aliphatic carbocycles. The number of hydrogen-bond acceptors (Lipinski definition) is 4. The van der Waals surface area contributed by atoms with Gasteiger partial charge in [-0.05, 0) is 15.9 Å². The van der Waals surface area contributed by atoms with Crippen LogP contribution in [-0.2, 0) is 0 Å². The molecule has 0 radical (unpaired) electrons. The summed E-state index contributed by atoms with van der Waals surface area (Å²) in [5.41, 5.74) is 0.432. The van der Waals surface area contributed by atoms with Gasteiger partial charge in [-0.15, -0.1) is 0 Å². The smallest absolute Gasteiger partial charge is 0.239 e. The zero-order valence-electron chi connectivity index (χ0n) is 7.23. The second kappa shape index (κ2) is 3.27. The number of fused-ring (bicyclic) bond motifs is 1. The number of ether oxygens (including phenoxy) is 1. The lowest BCUT2D eigenvalue weighted by Gasteiger charge is -2.01. The van der Waals surface area contributed by atoms with Gasteiger partial charge in [-0.1, -0.05) is 0 Å². The Morgan fingerprint density at radius 1 is 1.64 bits per heavy atom. The number of aromatic nitrogens is 3. The van der Waals surface area contributed by atoms with E-state index < -0.39 is 0 Å². The predicted molar refractivity (Wildman–Crippen MR) is 52.0 cm³/mol. The zero-order valence-corrected chi connectivity index (χ0v) is 8.82. The molecule has 2 aromatic rings. The van der Waals surface area contributed by atoms with Crippen LogP contribution in [0.25, 0.3) is 5.78 Å². The molecule has 0 bridgehead atoms. The molecule has 0 aliphatic rings. The lowest BCUT2D eigenvalue weighted by Crippen LogP contribution is -1.96. The van der Waals surface area contributed by atoms with Gasteiger partial charge >= 0.3 is 0 Å². The van der Waals surface area contributed by atoms with Gasteiger partial charge in [0, 0.05) is 6.07 Å². The normalized spacial score (nSPS) is 10.1. The first-order valence-corrected chi connectivity index (χ1v) is 4.53. The number of nitrogens with zero attached hydrogens (tertiary/aromatic N) is 4. The molecule has 0 unspecified atom stereocenters. The highest BCUT2D eigenvalue weighted by Crippen LogP contribution is 2.19. The summed E-state index contributed by atoms with van der Waals surface area (Å²) in [6.45, 7) is 0. The minimum absolute atomic E-state index is 0.432. The first-order chi connectivity index (χ1) is 6.76. The van der Waals surface area contributed by atoms with Gasteiger partial charge in [0.15, 0.2) is 0 Å². The van der Waals surface area contributed by atoms with Crippen molar-refractivity contribution in [2.24, 2.45) is 0 Å². The van der Waals surface area contributed by atoms with E-state index in [1.54, 1.807) is 10.5 Å². The highest BCUT2D eigenvalue weighted by Gasteiger charge is 2.08. The molecule has 0 atom stereocenters. The van der Waals surface area contributed by atoms with Gasteiger partial charge in [0.05, 0.1) is 17.9 Å². The summed E-state index contributed by atoms with van der Waals surface area (Å²) in [6, 6.07) is 3.69. The van der Waals surface area contributed by atoms with E-state index in [4.69, 9.17) is 10.00 Å². The van der Waals surface area contributed by atoms with Gasteiger partial charge in [0.2, 0.25) is 11.7 Å². The van der Waals surface area contributed by atoms with E-state index in [9.17, 15) is 0 Å². The SMILES string of the molecule is COc1cc(Br)n2c(C#N)cnc2n1. The van der Waals surface area contributed by atoms with Gasteiger partial charge in [0.1, 0.15) is 11.8 Å². The lowest BCUT2D eigenvalue weighted by atomic mass is 10.5. The van der Waals surface area contributed by atoms with Crippen molar-refractivity contribution in [2.75, 3.05) is 7.11 Å². The van der Waals surface area contributed by atoms with Crippen molar-refractivity contribution in [1.82, 2.24) is 14.4 Å². The topological polar surface area (TPSA) is 63.2 Å². The van der Waals surface area contributed by atoms with Crippen LogP contribution in [-0.4, -0.2) is 21.5 Å². The summed E-state index contributed by atoms with van der Waals surface area (Å²) in [7, 11) is 1.53. The lowest BCUT2D eigenvalue weighted by molar-refractivity contribution is 0.397. The number of hydrogen-bond donors (Lipinski definition) is 0. The molecule has 0 saturated heterocycles. The summed E-state index contributed by atoms with van der Waals surface area (Å²) in [5.74, 6) is 0.896. The minimum Gasteiger partial charge on any atom is -0.481 e. The fourth-order valence-electron chi connectivity index (χ4n) is 1.11. The molecule has 6 heteroatoms. The third-order valence-corrected chi connectivity index (χ3v) is 2.32. The Morgan fingerprint density at radius 2 is 2.43 bits per heavy atom. The Balaban J connectivity index is 2.80. The van der Waals surface area contributed by atoms with E-state index in [-0.39, 0.29) is 0 Å². The van der Waals surface area contributed by atoms with Crippen molar-refractivity contribution in [2.45, 2.75) is 0 Å². The monoisotopic (exact) mass is 252 g/mol. The fraction of sp³-hybridized carbons (Fsp3) is 0.125. The van der Waals surface area contributed by atoms with Crippen LogP contribution >= 0.6 is 15.9 Å². The van der Waals surface area contributed by atoms with Gasteiger partial charge in [-0.25, -0.2) is 4.98 Å². The maximum absolute atomic E-state index is 8.78. The average molecular weight is 253 g/mol.